The van der Waals surface area contributed by atoms with E-state index >= 15 is 0 Å². The maximum Gasteiger partial charge on any atom is 0.292 e. The van der Waals surface area contributed by atoms with Crippen LogP contribution in [0.3, 0.4) is 0 Å². The van der Waals surface area contributed by atoms with Crippen LogP contribution < -0.4 is 16.0 Å². The summed E-state index contributed by atoms with van der Waals surface area (Å²) >= 11 is 0. The summed E-state index contributed by atoms with van der Waals surface area (Å²) in [6.45, 7) is 1.72. The van der Waals surface area contributed by atoms with Crippen molar-refractivity contribution in [3.05, 3.63) is 40.6 Å². The molecule has 1 aliphatic heterocycles. The monoisotopic (exact) mass is 316 g/mol. The fourth-order valence-corrected chi connectivity index (χ4v) is 3.03. The average Bonchev–Trinajstić information content (AvgIpc) is 2.93. The number of aryl methyl sites for hydroxylation is 1. The first kappa shape index (κ1) is 15.1. The molecule has 1 aromatic carbocycles. The minimum atomic E-state index is -0.385. The summed E-state index contributed by atoms with van der Waals surface area (Å²) in [5, 5.41) is 18.7. The second kappa shape index (κ2) is 6.15. The molecule has 0 spiro atoms. The van der Waals surface area contributed by atoms with Gasteiger partial charge in [-0.05, 0) is 25.0 Å². The third-order valence-corrected chi connectivity index (χ3v) is 4.12. The number of aromatic nitrogens is 2. The standard InChI is InChI=1S/C15H20N6O2/c1-19-15(6-7-17-19)20-8-2-3-12(10-20)18-13-9-11(16)4-5-14(13)21(22)23/h4-7,9,12,18H,2-3,8,10,16H2,1H3/t12-/m0/s1. The zero-order chi connectivity index (χ0) is 16.4. The summed E-state index contributed by atoms with van der Waals surface area (Å²) in [7, 11) is 1.91. The Morgan fingerprint density at radius 1 is 1.43 bits per heavy atom. The quantitative estimate of drug-likeness (QED) is 0.508. The second-order valence-corrected chi connectivity index (χ2v) is 5.78. The van der Waals surface area contributed by atoms with E-state index in [9.17, 15) is 10.1 Å². The number of piperidine rings is 1. The molecule has 8 nitrogen and oxygen atoms in total. The van der Waals surface area contributed by atoms with E-state index in [2.05, 4.69) is 15.3 Å². The molecule has 0 saturated carbocycles. The number of hydrogen-bond acceptors (Lipinski definition) is 6. The van der Waals surface area contributed by atoms with Gasteiger partial charge in [-0.1, -0.05) is 0 Å². The van der Waals surface area contributed by atoms with E-state index in [1.807, 2.05) is 17.8 Å². The molecule has 0 amide bonds. The van der Waals surface area contributed by atoms with Crippen LogP contribution in [0.5, 0.6) is 0 Å². The molecule has 1 aliphatic rings. The van der Waals surface area contributed by atoms with Gasteiger partial charge in [-0.2, -0.15) is 5.10 Å². The molecule has 1 fully saturated rings. The highest BCUT2D eigenvalue weighted by atomic mass is 16.6. The lowest BCUT2D eigenvalue weighted by Gasteiger charge is -2.34. The van der Waals surface area contributed by atoms with Gasteiger partial charge < -0.3 is 16.0 Å². The van der Waals surface area contributed by atoms with Crippen molar-refractivity contribution in [2.45, 2.75) is 18.9 Å². The predicted molar refractivity (Wildman–Crippen MR) is 89.6 cm³/mol. The van der Waals surface area contributed by atoms with Crippen molar-refractivity contribution >= 4 is 22.9 Å². The lowest BCUT2D eigenvalue weighted by Crippen LogP contribution is -2.43. The summed E-state index contributed by atoms with van der Waals surface area (Å²) in [5.41, 5.74) is 6.82. The number of rotatable bonds is 4. The number of nitro benzene ring substituents is 1. The van der Waals surface area contributed by atoms with Crippen molar-refractivity contribution in [1.82, 2.24) is 9.78 Å². The van der Waals surface area contributed by atoms with Gasteiger partial charge in [0.25, 0.3) is 5.69 Å². The molecule has 122 valence electrons. The summed E-state index contributed by atoms with van der Waals surface area (Å²) < 4.78 is 1.84. The number of nitrogens with two attached hydrogens (primary N) is 1. The molecule has 23 heavy (non-hydrogen) atoms. The molecule has 1 atom stereocenters. The highest BCUT2D eigenvalue weighted by Crippen LogP contribution is 2.29. The third kappa shape index (κ3) is 3.20. The summed E-state index contributed by atoms with van der Waals surface area (Å²) in [6, 6.07) is 6.72. The van der Waals surface area contributed by atoms with Crippen LogP contribution in [0.1, 0.15) is 12.8 Å². The fourth-order valence-electron chi connectivity index (χ4n) is 3.03. The number of anilines is 3. The first-order valence-electron chi connectivity index (χ1n) is 7.58. The lowest BCUT2D eigenvalue weighted by molar-refractivity contribution is -0.384. The van der Waals surface area contributed by atoms with E-state index < -0.39 is 0 Å². The predicted octanol–water partition coefficient (Wildman–Crippen LogP) is 1.99. The fraction of sp³-hybridized carbons (Fsp3) is 0.400. The number of nitro groups is 1. The van der Waals surface area contributed by atoms with Crippen LogP contribution in [-0.2, 0) is 7.05 Å². The van der Waals surface area contributed by atoms with Crippen LogP contribution in [0.4, 0.5) is 22.9 Å². The van der Waals surface area contributed by atoms with Crippen molar-refractivity contribution < 1.29 is 4.92 Å². The molecule has 0 unspecified atom stereocenters. The van der Waals surface area contributed by atoms with Gasteiger partial charge in [0, 0.05) is 44.0 Å². The molecule has 1 aromatic heterocycles. The molecule has 2 aromatic rings. The van der Waals surface area contributed by atoms with E-state index in [1.165, 1.54) is 6.07 Å². The molecule has 1 saturated heterocycles. The van der Waals surface area contributed by atoms with Crippen LogP contribution in [0.15, 0.2) is 30.5 Å². The summed E-state index contributed by atoms with van der Waals surface area (Å²) in [4.78, 5) is 13.0. The van der Waals surface area contributed by atoms with Gasteiger partial charge in [0.05, 0.1) is 11.1 Å². The Labute approximate surface area is 134 Å². The Balaban J connectivity index is 1.77. The molecule has 0 bridgehead atoms. The zero-order valence-corrected chi connectivity index (χ0v) is 13.0. The number of nitrogen functional groups attached to an aromatic ring is 1. The highest BCUT2D eigenvalue weighted by Gasteiger charge is 2.24. The zero-order valence-electron chi connectivity index (χ0n) is 13.0. The minimum absolute atomic E-state index is 0.0526. The van der Waals surface area contributed by atoms with E-state index in [0.717, 1.165) is 31.7 Å². The van der Waals surface area contributed by atoms with Gasteiger partial charge in [0.1, 0.15) is 11.5 Å². The van der Waals surface area contributed by atoms with Gasteiger partial charge in [-0.15, -0.1) is 0 Å². The second-order valence-electron chi connectivity index (χ2n) is 5.78. The highest BCUT2D eigenvalue weighted by molar-refractivity contribution is 5.67. The smallest absolute Gasteiger partial charge is 0.292 e. The van der Waals surface area contributed by atoms with Crippen LogP contribution >= 0.6 is 0 Å². The molecule has 2 heterocycles. The van der Waals surface area contributed by atoms with Crippen molar-refractivity contribution in [1.29, 1.82) is 0 Å². The van der Waals surface area contributed by atoms with Crippen molar-refractivity contribution in [3.63, 3.8) is 0 Å². The Morgan fingerprint density at radius 2 is 2.26 bits per heavy atom. The van der Waals surface area contributed by atoms with Crippen molar-refractivity contribution in [3.8, 4) is 0 Å². The maximum absolute atomic E-state index is 11.2. The molecule has 0 aliphatic carbocycles. The molecular weight excluding hydrogens is 296 g/mol. The van der Waals surface area contributed by atoms with Crippen LogP contribution in [-0.4, -0.2) is 33.8 Å². The first-order chi connectivity index (χ1) is 11.0. The van der Waals surface area contributed by atoms with E-state index in [0.29, 0.717) is 11.4 Å². The van der Waals surface area contributed by atoms with Gasteiger partial charge in [0.2, 0.25) is 0 Å². The van der Waals surface area contributed by atoms with Gasteiger partial charge in [-0.3, -0.25) is 14.8 Å². The molecular formula is C15H20N6O2. The van der Waals surface area contributed by atoms with E-state index in [1.54, 1.807) is 18.3 Å². The number of hydrogen-bond donors (Lipinski definition) is 2. The van der Waals surface area contributed by atoms with E-state index in [-0.39, 0.29) is 16.7 Å². The minimum Gasteiger partial charge on any atom is -0.399 e. The third-order valence-electron chi connectivity index (χ3n) is 4.12. The lowest BCUT2D eigenvalue weighted by atomic mass is 10.0. The number of nitrogens with one attached hydrogen (secondary N) is 1. The van der Waals surface area contributed by atoms with Crippen molar-refractivity contribution in [2.75, 3.05) is 29.0 Å². The molecule has 3 rings (SSSR count). The topological polar surface area (TPSA) is 102 Å². The molecule has 8 heteroatoms. The van der Waals surface area contributed by atoms with Gasteiger partial charge >= 0.3 is 0 Å². The maximum atomic E-state index is 11.2. The van der Waals surface area contributed by atoms with Crippen LogP contribution in [0.2, 0.25) is 0 Å². The largest absolute Gasteiger partial charge is 0.399 e. The SMILES string of the molecule is Cn1nccc1N1CCC[C@H](Nc2cc(N)ccc2[N+](=O)[O-])C1. The number of nitrogens with zero attached hydrogens (tertiary/aromatic N) is 4. The molecule has 0 radical (unpaired) electrons. The van der Waals surface area contributed by atoms with Crippen LogP contribution in [0.25, 0.3) is 0 Å². The Kier molecular flexibility index (Phi) is 4.05. The number of benzene rings is 1. The van der Waals surface area contributed by atoms with Gasteiger partial charge in [-0.25, -0.2) is 0 Å². The first-order valence-corrected chi connectivity index (χ1v) is 7.58. The van der Waals surface area contributed by atoms with Crippen LogP contribution in [0, 0.1) is 10.1 Å². The average molecular weight is 316 g/mol. The molecule has 3 N–H and O–H groups in total. The normalized spacial score (nSPS) is 18.0. The Morgan fingerprint density at radius 3 is 2.96 bits per heavy atom. The summed E-state index contributed by atoms with van der Waals surface area (Å²) in [6.07, 6.45) is 3.74. The Hall–Kier alpha value is -2.77. The Bertz CT molecular complexity index is 714. The summed E-state index contributed by atoms with van der Waals surface area (Å²) in [5.74, 6) is 1.05. The van der Waals surface area contributed by atoms with E-state index in [4.69, 9.17) is 5.73 Å². The van der Waals surface area contributed by atoms with Crippen molar-refractivity contribution in [2.24, 2.45) is 7.05 Å². The van der Waals surface area contributed by atoms with Gasteiger partial charge in [0.15, 0.2) is 0 Å².